The molecule has 0 spiro atoms. The van der Waals surface area contributed by atoms with Crippen LogP contribution in [-0.2, 0) is 11.2 Å². The summed E-state index contributed by atoms with van der Waals surface area (Å²) < 4.78 is 0. The number of nitrogens with one attached hydrogen (secondary N) is 2. The Morgan fingerprint density at radius 2 is 1.86 bits per heavy atom. The van der Waals surface area contributed by atoms with Gasteiger partial charge in [0.25, 0.3) is 5.91 Å². The molecule has 0 fully saturated rings. The van der Waals surface area contributed by atoms with Crippen LogP contribution in [0, 0.1) is 0 Å². The lowest BCUT2D eigenvalue weighted by Gasteiger charge is -2.05. The first kappa shape index (κ1) is 21.3. The molecule has 3 rings (SSSR count). The first-order valence-corrected chi connectivity index (χ1v) is 10.6. The van der Waals surface area contributed by atoms with Crippen LogP contribution in [0.25, 0.3) is 11.3 Å². The zero-order valence-electron chi connectivity index (χ0n) is 15.7. The fourth-order valence-corrected chi connectivity index (χ4v) is 3.81. The Hall–Kier alpha value is -2.41. The highest BCUT2D eigenvalue weighted by Crippen LogP contribution is 2.28. The number of carbonyl (C=O) groups excluding carboxylic acids is 2. The van der Waals surface area contributed by atoms with Crippen LogP contribution in [0.15, 0.2) is 47.8 Å². The van der Waals surface area contributed by atoms with Gasteiger partial charge in [0.1, 0.15) is 0 Å². The molecule has 1 heterocycles. The zero-order valence-corrected chi connectivity index (χ0v) is 18.0. The Balaban J connectivity index is 1.61. The van der Waals surface area contributed by atoms with Gasteiger partial charge < -0.3 is 5.32 Å². The minimum atomic E-state index is -0.354. The van der Waals surface area contributed by atoms with E-state index in [0.717, 1.165) is 24.1 Å². The van der Waals surface area contributed by atoms with Crippen LogP contribution in [0.4, 0.5) is 5.13 Å². The molecule has 5 nitrogen and oxygen atoms in total. The quantitative estimate of drug-likeness (QED) is 0.473. The Kier molecular flexibility index (Phi) is 7.25. The smallest absolute Gasteiger partial charge is 0.259 e. The van der Waals surface area contributed by atoms with Crippen LogP contribution in [-0.4, -0.2) is 23.3 Å². The fourth-order valence-electron chi connectivity index (χ4n) is 2.71. The van der Waals surface area contributed by atoms with E-state index in [9.17, 15) is 9.59 Å². The Morgan fingerprint density at radius 3 is 2.59 bits per heavy atom. The van der Waals surface area contributed by atoms with E-state index in [4.69, 9.17) is 23.2 Å². The predicted molar refractivity (Wildman–Crippen MR) is 119 cm³/mol. The second kappa shape index (κ2) is 9.87. The molecule has 0 aliphatic rings. The van der Waals surface area contributed by atoms with Gasteiger partial charge in [0.15, 0.2) is 5.13 Å². The number of thiazole rings is 1. The number of halogens is 2. The minimum Gasteiger partial charge on any atom is -0.356 e. The van der Waals surface area contributed by atoms with Gasteiger partial charge in [-0.25, -0.2) is 4.98 Å². The lowest BCUT2D eigenvalue weighted by atomic mass is 10.1. The molecule has 2 N–H and O–H groups in total. The molecule has 0 bridgehead atoms. The van der Waals surface area contributed by atoms with E-state index in [-0.39, 0.29) is 16.8 Å². The van der Waals surface area contributed by atoms with Crippen LogP contribution >= 0.6 is 34.5 Å². The van der Waals surface area contributed by atoms with Crippen molar-refractivity contribution in [3.63, 3.8) is 0 Å². The molecule has 150 valence electrons. The van der Waals surface area contributed by atoms with E-state index in [1.54, 1.807) is 18.2 Å². The number of carbonyl (C=O) groups is 2. The number of hydrogen-bond acceptors (Lipinski definition) is 4. The number of aryl methyl sites for hydroxylation is 1. The van der Waals surface area contributed by atoms with Gasteiger partial charge in [-0.2, -0.15) is 0 Å². The molecule has 29 heavy (non-hydrogen) atoms. The van der Waals surface area contributed by atoms with Crippen molar-refractivity contribution in [3.05, 3.63) is 69.0 Å². The van der Waals surface area contributed by atoms with E-state index in [1.807, 2.05) is 29.6 Å². The molecule has 8 heteroatoms. The molecule has 0 unspecified atom stereocenters. The third-order valence-electron chi connectivity index (χ3n) is 4.19. The van der Waals surface area contributed by atoms with Crippen LogP contribution < -0.4 is 10.6 Å². The summed E-state index contributed by atoms with van der Waals surface area (Å²) in [5.74, 6) is -0.364. The maximum atomic E-state index is 12.4. The summed E-state index contributed by atoms with van der Waals surface area (Å²) in [4.78, 5) is 27.8. The third kappa shape index (κ3) is 5.79. The number of anilines is 1. The normalized spacial score (nSPS) is 10.6. The molecular weight excluding hydrogens is 429 g/mol. The van der Waals surface area contributed by atoms with Gasteiger partial charge in [-0.05, 0) is 30.5 Å². The maximum absolute atomic E-state index is 12.4. The van der Waals surface area contributed by atoms with E-state index in [1.165, 1.54) is 23.8 Å². The maximum Gasteiger partial charge on any atom is 0.259 e. The number of hydrogen-bond donors (Lipinski definition) is 2. The summed E-state index contributed by atoms with van der Waals surface area (Å²) in [6.07, 6.45) is 1.77. The average Bonchev–Trinajstić information content (AvgIpc) is 3.16. The van der Waals surface area contributed by atoms with Gasteiger partial charge >= 0.3 is 0 Å². The fraction of sp³-hybridized carbons (Fsp3) is 0.190. The first-order chi connectivity index (χ1) is 13.9. The number of rotatable bonds is 7. The van der Waals surface area contributed by atoms with Crippen LogP contribution in [0.1, 0.15) is 29.3 Å². The Morgan fingerprint density at radius 1 is 1.10 bits per heavy atom. The number of nitrogens with zero attached hydrogens (tertiary/aromatic N) is 1. The van der Waals surface area contributed by atoms with Crippen LogP contribution in [0.2, 0.25) is 10.0 Å². The summed E-state index contributed by atoms with van der Waals surface area (Å²) in [7, 11) is 0. The summed E-state index contributed by atoms with van der Waals surface area (Å²) in [6.45, 7) is 2.19. The molecule has 0 aliphatic heterocycles. The van der Waals surface area contributed by atoms with Gasteiger partial charge in [-0.1, -0.05) is 53.5 Å². The summed E-state index contributed by atoms with van der Waals surface area (Å²) in [5.41, 5.74) is 3.25. The summed E-state index contributed by atoms with van der Waals surface area (Å²) in [6, 6.07) is 13.0. The molecule has 0 radical (unpaired) electrons. The standard InChI is InChI=1S/C21H19Cl2N3O2S/c1-13(27)24-11-3-4-14-7-9-15(10-8-14)18-12-29-21(25-18)26-20(28)16-5-2-6-17(22)19(16)23/h2,5-10,12H,3-4,11H2,1H3,(H,24,27)(H,25,26,28). The Labute approximate surface area is 183 Å². The number of amides is 2. The third-order valence-corrected chi connectivity index (χ3v) is 5.76. The van der Waals surface area contributed by atoms with E-state index in [2.05, 4.69) is 15.6 Å². The Bertz CT molecular complexity index is 1020. The summed E-state index contributed by atoms with van der Waals surface area (Å²) >= 11 is 13.4. The summed E-state index contributed by atoms with van der Waals surface area (Å²) in [5, 5.41) is 8.48. The van der Waals surface area contributed by atoms with Crippen molar-refractivity contribution in [2.24, 2.45) is 0 Å². The molecule has 2 aromatic carbocycles. The lowest BCUT2D eigenvalue weighted by molar-refractivity contribution is -0.118. The molecular formula is C21H19Cl2N3O2S. The molecule has 0 aliphatic carbocycles. The van der Waals surface area contributed by atoms with Crippen molar-refractivity contribution in [3.8, 4) is 11.3 Å². The highest BCUT2D eigenvalue weighted by molar-refractivity contribution is 7.14. The largest absolute Gasteiger partial charge is 0.356 e. The van der Waals surface area contributed by atoms with Gasteiger partial charge in [0, 0.05) is 24.4 Å². The van der Waals surface area contributed by atoms with Crippen molar-refractivity contribution in [2.75, 3.05) is 11.9 Å². The van der Waals surface area contributed by atoms with E-state index >= 15 is 0 Å². The molecule has 2 amide bonds. The molecule has 0 saturated carbocycles. The number of benzene rings is 2. The zero-order chi connectivity index (χ0) is 20.8. The minimum absolute atomic E-state index is 0.00981. The van der Waals surface area contributed by atoms with Gasteiger partial charge in [0.2, 0.25) is 5.91 Å². The van der Waals surface area contributed by atoms with Crippen molar-refractivity contribution in [2.45, 2.75) is 19.8 Å². The number of aromatic nitrogens is 1. The lowest BCUT2D eigenvalue weighted by Crippen LogP contribution is -2.21. The monoisotopic (exact) mass is 447 g/mol. The van der Waals surface area contributed by atoms with Crippen molar-refractivity contribution >= 4 is 51.5 Å². The second-order valence-electron chi connectivity index (χ2n) is 6.38. The molecule has 3 aromatic rings. The topological polar surface area (TPSA) is 71.1 Å². The molecule has 1 aromatic heterocycles. The van der Waals surface area contributed by atoms with Crippen LogP contribution in [0.3, 0.4) is 0 Å². The van der Waals surface area contributed by atoms with Gasteiger partial charge in [-0.15, -0.1) is 11.3 Å². The van der Waals surface area contributed by atoms with Crippen molar-refractivity contribution in [1.82, 2.24) is 10.3 Å². The molecule has 0 saturated heterocycles. The molecule has 0 atom stereocenters. The van der Waals surface area contributed by atoms with Crippen molar-refractivity contribution < 1.29 is 9.59 Å². The highest BCUT2D eigenvalue weighted by Gasteiger charge is 2.14. The van der Waals surface area contributed by atoms with E-state index < -0.39 is 0 Å². The van der Waals surface area contributed by atoms with Gasteiger partial charge in [0.05, 0.1) is 21.3 Å². The van der Waals surface area contributed by atoms with Gasteiger partial charge in [-0.3, -0.25) is 14.9 Å². The average molecular weight is 448 g/mol. The second-order valence-corrected chi connectivity index (χ2v) is 8.02. The highest BCUT2D eigenvalue weighted by atomic mass is 35.5. The SMILES string of the molecule is CC(=O)NCCCc1ccc(-c2csc(NC(=O)c3cccc(Cl)c3Cl)n2)cc1. The predicted octanol–water partition coefficient (Wildman–Crippen LogP) is 5.44. The van der Waals surface area contributed by atoms with Crippen molar-refractivity contribution in [1.29, 1.82) is 0 Å². The van der Waals surface area contributed by atoms with Crippen LogP contribution in [0.5, 0.6) is 0 Å². The van der Waals surface area contributed by atoms with E-state index in [0.29, 0.717) is 22.3 Å². The first-order valence-electron chi connectivity index (χ1n) is 8.98.